The molecule has 1 aliphatic rings. The average Bonchev–Trinajstić information content (AvgIpc) is 2.88. The SMILES string of the molecule is O=C(Cc1cccc2ccccc12)NCC(=O)N1CCN(Cc2cccc3cccnc23)CC1. The summed E-state index contributed by atoms with van der Waals surface area (Å²) in [7, 11) is 0. The number of hydrogen-bond acceptors (Lipinski definition) is 4. The summed E-state index contributed by atoms with van der Waals surface area (Å²) in [6.07, 6.45) is 2.10. The van der Waals surface area contributed by atoms with Crippen molar-refractivity contribution in [2.24, 2.45) is 0 Å². The lowest BCUT2D eigenvalue weighted by Crippen LogP contribution is -2.51. The molecule has 0 radical (unpaired) electrons. The Balaban J connectivity index is 1.11. The van der Waals surface area contributed by atoms with E-state index < -0.39 is 0 Å². The molecule has 0 aliphatic carbocycles. The van der Waals surface area contributed by atoms with Gasteiger partial charge in [-0.15, -0.1) is 0 Å². The second-order valence-corrected chi connectivity index (χ2v) is 8.74. The predicted octanol–water partition coefficient (Wildman–Crippen LogP) is 3.39. The third-order valence-electron chi connectivity index (χ3n) is 6.50. The third kappa shape index (κ3) is 4.92. The number of pyridine rings is 1. The molecule has 0 bridgehead atoms. The Labute approximate surface area is 199 Å². The van der Waals surface area contributed by atoms with Crippen molar-refractivity contribution in [1.29, 1.82) is 0 Å². The van der Waals surface area contributed by atoms with Gasteiger partial charge in [0.15, 0.2) is 0 Å². The summed E-state index contributed by atoms with van der Waals surface area (Å²) >= 11 is 0. The predicted molar refractivity (Wildman–Crippen MR) is 134 cm³/mol. The Kier molecular flexibility index (Phi) is 6.49. The van der Waals surface area contributed by atoms with Crippen LogP contribution in [0.2, 0.25) is 0 Å². The highest BCUT2D eigenvalue weighted by molar-refractivity contribution is 5.91. The van der Waals surface area contributed by atoms with E-state index in [4.69, 9.17) is 0 Å². The molecule has 1 saturated heterocycles. The van der Waals surface area contributed by atoms with Gasteiger partial charge >= 0.3 is 0 Å². The van der Waals surface area contributed by atoms with Gasteiger partial charge in [-0.3, -0.25) is 19.5 Å². The van der Waals surface area contributed by atoms with Crippen molar-refractivity contribution in [2.75, 3.05) is 32.7 Å². The fourth-order valence-corrected chi connectivity index (χ4v) is 4.66. The van der Waals surface area contributed by atoms with Crippen LogP contribution in [-0.4, -0.2) is 59.3 Å². The van der Waals surface area contributed by atoms with Crippen molar-refractivity contribution in [3.8, 4) is 0 Å². The van der Waals surface area contributed by atoms with E-state index in [-0.39, 0.29) is 24.8 Å². The summed E-state index contributed by atoms with van der Waals surface area (Å²) in [6.45, 7) is 3.79. The fraction of sp³-hybridized carbons (Fsp3) is 0.250. The van der Waals surface area contributed by atoms with Gasteiger partial charge in [0, 0.05) is 44.3 Å². The highest BCUT2D eigenvalue weighted by Gasteiger charge is 2.22. The molecule has 3 aromatic carbocycles. The van der Waals surface area contributed by atoms with Crippen molar-refractivity contribution in [3.63, 3.8) is 0 Å². The number of hydrogen-bond donors (Lipinski definition) is 1. The molecule has 34 heavy (non-hydrogen) atoms. The molecule has 5 rings (SSSR count). The number of nitrogens with zero attached hydrogens (tertiary/aromatic N) is 3. The van der Waals surface area contributed by atoms with Crippen LogP contribution in [0.4, 0.5) is 0 Å². The van der Waals surface area contributed by atoms with Crippen LogP contribution >= 0.6 is 0 Å². The number of nitrogens with one attached hydrogen (secondary N) is 1. The van der Waals surface area contributed by atoms with E-state index in [1.165, 1.54) is 5.56 Å². The number of fused-ring (bicyclic) bond motifs is 2. The Bertz CT molecular complexity index is 1320. The van der Waals surface area contributed by atoms with Gasteiger partial charge in [0.1, 0.15) is 0 Å². The first-order valence-electron chi connectivity index (χ1n) is 11.7. The molecule has 4 aromatic rings. The zero-order chi connectivity index (χ0) is 23.3. The van der Waals surface area contributed by atoms with Crippen molar-refractivity contribution in [2.45, 2.75) is 13.0 Å². The van der Waals surface area contributed by atoms with Gasteiger partial charge in [0.2, 0.25) is 11.8 Å². The summed E-state index contributed by atoms with van der Waals surface area (Å²) < 4.78 is 0. The maximum atomic E-state index is 12.7. The zero-order valence-corrected chi connectivity index (χ0v) is 19.1. The first-order valence-corrected chi connectivity index (χ1v) is 11.7. The van der Waals surface area contributed by atoms with Gasteiger partial charge in [0.25, 0.3) is 0 Å². The maximum absolute atomic E-state index is 12.7. The lowest BCUT2D eigenvalue weighted by atomic mass is 10.0. The molecule has 1 fully saturated rings. The molecule has 1 aliphatic heterocycles. The standard InChI is InChI=1S/C28H28N4O2/c33-26(18-23-9-3-7-21-6-1-2-12-25(21)23)30-19-27(34)32-16-14-31(15-17-32)20-24-10-4-8-22-11-5-13-29-28(22)24/h1-13H,14-20H2,(H,30,33). The van der Waals surface area contributed by atoms with Crippen LogP contribution in [0, 0.1) is 0 Å². The first-order chi connectivity index (χ1) is 16.7. The van der Waals surface area contributed by atoms with Gasteiger partial charge in [-0.05, 0) is 28.0 Å². The zero-order valence-electron chi connectivity index (χ0n) is 19.1. The molecule has 6 heteroatoms. The number of carbonyl (C=O) groups is 2. The lowest BCUT2D eigenvalue weighted by Gasteiger charge is -2.35. The normalized spacial score (nSPS) is 14.4. The van der Waals surface area contributed by atoms with E-state index in [0.29, 0.717) is 13.1 Å². The van der Waals surface area contributed by atoms with E-state index in [1.807, 2.05) is 59.6 Å². The molecule has 0 unspecified atom stereocenters. The minimum Gasteiger partial charge on any atom is -0.347 e. The highest BCUT2D eigenvalue weighted by Crippen LogP contribution is 2.20. The molecular formula is C28H28N4O2. The number of carbonyl (C=O) groups excluding carboxylic acids is 2. The minimum atomic E-state index is -0.133. The largest absolute Gasteiger partial charge is 0.347 e. The number of benzene rings is 3. The van der Waals surface area contributed by atoms with E-state index in [1.54, 1.807) is 0 Å². The van der Waals surface area contributed by atoms with Crippen LogP contribution in [-0.2, 0) is 22.6 Å². The Hall–Kier alpha value is -3.77. The van der Waals surface area contributed by atoms with E-state index >= 15 is 0 Å². The van der Waals surface area contributed by atoms with Gasteiger partial charge in [-0.1, -0.05) is 66.7 Å². The quantitative estimate of drug-likeness (QED) is 0.487. The minimum absolute atomic E-state index is 0.0299. The summed E-state index contributed by atoms with van der Waals surface area (Å²) in [5.74, 6) is -0.162. The van der Waals surface area contributed by atoms with Crippen molar-refractivity contribution < 1.29 is 9.59 Å². The molecule has 0 spiro atoms. The fourth-order valence-electron chi connectivity index (χ4n) is 4.66. The van der Waals surface area contributed by atoms with Crippen LogP contribution in [0.15, 0.2) is 79.0 Å². The Morgan fingerprint density at radius 2 is 1.50 bits per heavy atom. The molecule has 0 saturated carbocycles. The van der Waals surface area contributed by atoms with Gasteiger partial charge < -0.3 is 10.2 Å². The number of para-hydroxylation sites is 1. The third-order valence-corrected chi connectivity index (χ3v) is 6.50. The lowest BCUT2D eigenvalue weighted by molar-refractivity contribution is -0.134. The van der Waals surface area contributed by atoms with Gasteiger partial charge in [0.05, 0.1) is 18.5 Å². The molecular weight excluding hydrogens is 424 g/mol. The highest BCUT2D eigenvalue weighted by atomic mass is 16.2. The Morgan fingerprint density at radius 1 is 0.794 bits per heavy atom. The van der Waals surface area contributed by atoms with Crippen LogP contribution in [0.3, 0.4) is 0 Å². The van der Waals surface area contributed by atoms with Crippen LogP contribution in [0.1, 0.15) is 11.1 Å². The summed E-state index contributed by atoms with van der Waals surface area (Å²) in [5, 5.41) is 6.14. The summed E-state index contributed by atoms with van der Waals surface area (Å²) in [6, 6.07) is 24.3. The smallest absolute Gasteiger partial charge is 0.242 e. The number of amides is 2. The van der Waals surface area contributed by atoms with Gasteiger partial charge in [-0.25, -0.2) is 0 Å². The van der Waals surface area contributed by atoms with Crippen molar-refractivity contribution >= 4 is 33.5 Å². The summed E-state index contributed by atoms with van der Waals surface area (Å²) in [5.41, 5.74) is 3.22. The Morgan fingerprint density at radius 3 is 2.35 bits per heavy atom. The van der Waals surface area contributed by atoms with Crippen LogP contribution < -0.4 is 5.32 Å². The molecule has 6 nitrogen and oxygen atoms in total. The van der Waals surface area contributed by atoms with Crippen molar-refractivity contribution in [1.82, 2.24) is 20.1 Å². The number of aromatic nitrogens is 1. The molecule has 172 valence electrons. The van der Waals surface area contributed by atoms with E-state index in [9.17, 15) is 9.59 Å². The topological polar surface area (TPSA) is 65.5 Å². The summed E-state index contributed by atoms with van der Waals surface area (Å²) in [4.78, 5) is 33.9. The van der Waals surface area contributed by atoms with Gasteiger partial charge in [-0.2, -0.15) is 0 Å². The van der Waals surface area contributed by atoms with Crippen LogP contribution in [0.5, 0.6) is 0 Å². The van der Waals surface area contributed by atoms with Crippen LogP contribution in [0.25, 0.3) is 21.7 Å². The molecule has 0 atom stereocenters. The van der Waals surface area contributed by atoms with E-state index in [2.05, 4.69) is 39.5 Å². The second kappa shape index (κ2) is 10.0. The molecule has 1 N–H and O–H groups in total. The molecule has 2 amide bonds. The monoisotopic (exact) mass is 452 g/mol. The van der Waals surface area contributed by atoms with Crippen molar-refractivity contribution in [3.05, 3.63) is 90.1 Å². The molecule has 2 heterocycles. The first kappa shape index (κ1) is 22.0. The number of rotatable bonds is 6. The second-order valence-electron chi connectivity index (χ2n) is 8.74. The maximum Gasteiger partial charge on any atom is 0.242 e. The van der Waals surface area contributed by atoms with E-state index in [0.717, 1.165) is 46.9 Å². The number of piperazine rings is 1. The molecule has 1 aromatic heterocycles. The average molecular weight is 453 g/mol.